The van der Waals surface area contributed by atoms with Crippen LogP contribution in [0.4, 0.5) is 0 Å². The van der Waals surface area contributed by atoms with E-state index in [1.165, 1.54) is 16.4 Å². The Labute approximate surface area is 150 Å². The van der Waals surface area contributed by atoms with Gasteiger partial charge in [-0.05, 0) is 0 Å². The second-order valence-corrected chi connectivity index (χ2v) is 8.24. The fourth-order valence-corrected chi connectivity index (χ4v) is 4.78. The first-order chi connectivity index (χ1) is 11.8. The molecule has 2 nitrogen and oxygen atoms in total. The van der Waals surface area contributed by atoms with Crippen molar-refractivity contribution in [1.29, 1.82) is 0 Å². The van der Waals surface area contributed by atoms with E-state index < -0.39 is 0 Å². The average Bonchev–Trinajstić information content (AvgIpc) is 2.63. The van der Waals surface area contributed by atoms with Crippen LogP contribution < -0.4 is 4.46 Å². The van der Waals surface area contributed by atoms with Crippen molar-refractivity contribution in [3.05, 3.63) is 77.9 Å². The van der Waals surface area contributed by atoms with E-state index in [1.54, 1.807) is 0 Å². The third-order valence-electron chi connectivity index (χ3n) is 4.19. The molecule has 0 bridgehead atoms. The minimum absolute atomic E-state index is 0.233. The fraction of sp³-hybridized carbons (Fsp3) is 0.286. The van der Waals surface area contributed by atoms with Crippen LogP contribution in [-0.4, -0.2) is 32.3 Å². The van der Waals surface area contributed by atoms with E-state index in [9.17, 15) is 4.79 Å². The second kappa shape index (κ2) is 8.86. The topological polar surface area (TPSA) is 20.3 Å². The standard InChI is InChI=1S/C21H23NOSe/c23-21-19(17-24-20-13-7-2-8-14-20)12-6-3-9-15-22(21)16-18-10-4-1-5-11-18/h1-2,4-5,7-8,10-14H,3,6,9,15-17H2/b19-12-. The number of amides is 1. The van der Waals surface area contributed by atoms with Crippen LogP contribution in [0.15, 0.2) is 72.3 Å². The molecule has 0 saturated heterocycles. The summed E-state index contributed by atoms with van der Waals surface area (Å²) in [5.74, 6) is 0.233. The van der Waals surface area contributed by atoms with Crippen molar-refractivity contribution in [3.63, 3.8) is 0 Å². The molecule has 0 aliphatic carbocycles. The minimum atomic E-state index is 0.233. The summed E-state index contributed by atoms with van der Waals surface area (Å²) in [5.41, 5.74) is 2.22. The van der Waals surface area contributed by atoms with Crippen LogP contribution in [0.5, 0.6) is 0 Å². The van der Waals surface area contributed by atoms with Crippen molar-refractivity contribution in [2.45, 2.75) is 31.1 Å². The number of hydrogen-bond donors (Lipinski definition) is 0. The first-order valence-corrected chi connectivity index (χ1v) is 10.6. The van der Waals surface area contributed by atoms with Gasteiger partial charge in [-0.3, -0.25) is 0 Å². The van der Waals surface area contributed by atoms with E-state index in [-0.39, 0.29) is 5.91 Å². The molecule has 1 aliphatic heterocycles. The van der Waals surface area contributed by atoms with Crippen LogP contribution in [-0.2, 0) is 11.3 Å². The van der Waals surface area contributed by atoms with Crippen LogP contribution in [0.3, 0.4) is 0 Å². The number of hydrogen-bond acceptors (Lipinski definition) is 1. The summed E-state index contributed by atoms with van der Waals surface area (Å²) in [6.45, 7) is 1.58. The molecule has 3 heteroatoms. The number of benzene rings is 2. The predicted octanol–water partition coefficient (Wildman–Crippen LogP) is 3.57. The zero-order chi connectivity index (χ0) is 16.6. The molecule has 1 heterocycles. The molecule has 0 atom stereocenters. The monoisotopic (exact) mass is 385 g/mol. The van der Waals surface area contributed by atoms with Gasteiger partial charge in [-0.2, -0.15) is 0 Å². The van der Waals surface area contributed by atoms with Gasteiger partial charge in [0.15, 0.2) is 0 Å². The molecule has 0 unspecified atom stereocenters. The first kappa shape index (κ1) is 17.0. The molecule has 0 N–H and O–H groups in total. The Morgan fingerprint density at radius 3 is 2.38 bits per heavy atom. The van der Waals surface area contributed by atoms with Gasteiger partial charge in [0.1, 0.15) is 0 Å². The van der Waals surface area contributed by atoms with Crippen LogP contribution >= 0.6 is 0 Å². The zero-order valence-electron chi connectivity index (χ0n) is 13.9. The van der Waals surface area contributed by atoms with Gasteiger partial charge in [-0.15, -0.1) is 0 Å². The fourth-order valence-electron chi connectivity index (χ4n) is 2.87. The number of allylic oxidation sites excluding steroid dienone is 1. The van der Waals surface area contributed by atoms with E-state index in [0.717, 1.165) is 36.8 Å². The Morgan fingerprint density at radius 1 is 0.917 bits per heavy atom. The normalized spacial score (nSPS) is 17.8. The first-order valence-electron chi connectivity index (χ1n) is 8.53. The molecule has 24 heavy (non-hydrogen) atoms. The molecule has 0 fully saturated rings. The van der Waals surface area contributed by atoms with Crippen LogP contribution in [0.25, 0.3) is 0 Å². The number of nitrogens with zero attached hydrogens (tertiary/aromatic N) is 1. The van der Waals surface area contributed by atoms with E-state index in [0.29, 0.717) is 15.0 Å². The average molecular weight is 384 g/mol. The second-order valence-electron chi connectivity index (χ2n) is 6.04. The van der Waals surface area contributed by atoms with Gasteiger partial charge in [-0.1, -0.05) is 0 Å². The molecular formula is C21H23NOSe. The summed E-state index contributed by atoms with van der Waals surface area (Å²) < 4.78 is 1.36. The van der Waals surface area contributed by atoms with Crippen molar-refractivity contribution >= 4 is 25.3 Å². The summed E-state index contributed by atoms with van der Waals surface area (Å²) in [4.78, 5) is 15.0. The number of carbonyl (C=O) groups is 1. The van der Waals surface area contributed by atoms with Crippen LogP contribution in [0.2, 0.25) is 5.32 Å². The summed E-state index contributed by atoms with van der Waals surface area (Å²) in [6, 6.07) is 20.8. The number of carbonyl (C=O) groups excluding carboxylic acids is 1. The summed E-state index contributed by atoms with van der Waals surface area (Å²) in [7, 11) is 0. The molecule has 3 rings (SSSR count). The van der Waals surface area contributed by atoms with Crippen molar-refractivity contribution < 1.29 is 4.79 Å². The Morgan fingerprint density at radius 2 is 1.62 bits per heavy atom. The molecule has 0 saturated carbocycles. The van der Waals surface area contributed by atoms with Crippen molar-refractivity contribution in [3.8, 4) is 0 Å². The molecule has 1 amide bonds. The SMILES string of the molecule is O=C1/C(C[Se]c2ccccc2)=C\CCCCN1Cc1ccccc1. The summed E-state index contributed by atoms with van der Waals surface area (Å²) in [6.07, 6.45) is 5.47. The molecule has 2 aromatic carbocycles. The molecular weight excluding hydrogens is 361 g/mol. The third kappa shape index (κ3) is 4.83. The molecule has 0 aromatic heterocycles. The Hall–Kier alpha value is -1.83. The molecule has 124 valence electrons. The van der Waals surface area contributed by atoms with Crippen LogP contribution in [0.1, 0.15) is 24.8 Å². The van der Waals surface area contributed by atoms with Gasteiger partial charge in [-0.25, -0.2) is 0 Å². The molecule has 2 aromatic rings. The van der Waals surface area contributed by atoms with Crippen molar-refractivity contribution in [2.75, 3.05) is 6.54 Å². The Bertz CT molecular complexity index is 681. The van der Waals surface area contributed by atoms with Crippen molar-refractivity contribution in [1.82, 2.24) is 4.90 Å². The van der Waals surface area contributed by atoms with Gasteiger partial charge < -0.3 is 0 Å². The van der Waals surface area contributed by atoms with Crippen LogP contribution in [0, 0.1) is 0 Å². The van der Waals surface area contributed by atoms with E-state index in [4.69, 9.17) is 0 Å². The molecule has 0 spiro atoms. The summed E-state index contributed by atoms with van der Waals surface area (Å²) in [5, 5.41) is 0.890. The van der Waals surface area contributed by atoms with Gasteiger partial charge >= 0.3 is 151 Å². The zero-order valence-corrected chi connectivity index (χ0v) is 15.6. The van der Waals surface area contributed by atoms with Gasteiger partial charge in [0.25, 0.3) is 0 Å². The quantitative estimate of drug-likeness (QED) is 0.722. The van der Waals surface area contributed by atoms with Gasteiger partial charge in [0, 0.05) is 0 Å². The Balaban J connectivity index is 1.68. The Kier molecular flexibility index (Phi) is 6.28. The maximum absolute atomic E-state index is 13.0. The summed E-state index contributed by atoms with van der Waals surface area (Å²) >= 11 is 0.320. The van der Waals surface area contributed by atoms with Gasteiger partial charge in [0.05, 0.1) is 0 Å². The van der Waals surface area contributed by atoms with E-state index >= 15 is 0 Å². The predicted molar refractivity (Wildman–Crippen MR) is 100 cm³/mol. The molecule has 0 radical (unpaired) electrons. The maximum atomic E-state index is 13.0. The van der Waals surface area contributed by atoms with E-state index in [1.807, 2.05) is 29.2 Å². The molecule has 1 aliphatic rings. The van der Waals surface area contributed by atoms with Crippen molar-refractivity contribution in [2.24, 2.45) is 0 Å². The van der Waals surface area contributed by atoms with E-state index in [2.05, 4.69) is 42.5 Å². The van der Waals surface area contributed by atoms with Gasteiger partial charge in [0.2, 0.25) is 0 Å². The third-order valence-corrected chi connectivity index (χ3v) is 6.41. The number of rotatable bonds is 5.